The van der Waals surface area contributed by atoms with Gasteiger partial charge >= 0.3 is 12.2 Å². The fourth-order valence-corrected chi connectivity index (χ4v) is 2.28. The van der Waals surface area contributed by atoms with Gasteiger partial charge in [0.25, 0.3) is 0 Å². The maximum absolute atomic E-state index is 12.1. The zero-order chi connectivity index (χ0) is 17.8. The molecule has 0 aromatic carbocycles. The summed E-state index contributed by atoms with van der Waals surface area (Å²) in [6.45, 7) is 11.4. The van der Waals surface area contributed by atoms with E-state index in [1.807, 2.05) is 0 Å². The third-order valence-corrected chi connectivity index (χ3v) is 3.11. The monoisotopic (exact) mass is 330 g/mol. The Balaban J connectivity index is 2.57. The van der Waals surface area contributed by atoms with Crippen molar-refractivity contribution in [3.05, 3.63) is 0 Å². The minimum Gasteiger partial charge on any atom is -0.444 e. The van der Waals surface area contributed by atoms with Crippen LogP contribution in [0.15, 0.2) is 0 Å². The first-order chi connectivity index (χ1) is 10.4. The van der Waals surface area contributed by atoms with Crippen LogP contribution in [-0.4, -0.2) is 58.6 Å². The maximum Gasteiger partial charge on any atom is 0.410 e. The van der Waals surface area contributed by atoms with Gasteiger partial charge in [-0.2, -0.15) is 0 Å². The van der Waals surface area contributed by atoms with Crippen LogP contribution in [0.25, 0.3) is 0 Å². The van der Waals surface area contributed by atoms with Crippen LogP contribution in [0.2, 0.25) is 0 Å². The maximum atomic E-state index is 12.1. The van der Waals surface area contributed by atoms with E-state index in [-0.39, 0.29) is 12.6 Å². The van der Waals surface area contributed by atoms with E-state index in [9.17, 15) is 14.7 Å². The van der Waals surface area contributed by atoms with Gasteiger partial charge in [-0.1, -0.05) is 0 Å². The van der Waals surface area contributed by atoms with Gasteiger partial charge in [0.05, 0.1) is 6.10 Å². The van der Waals surface area contributed by atoms with Crippen molar-refractivity contribution >= 4 is 12.2 Å². The minimum absolute atomic E-state index is 0.196. The van der Waals surface area contributed by atoms with E-state index in [0.29, 0.717) is 19.4 Å². The lowest BCUT2D eigenvalue weighted by Gasteiger charge is -2.27. The minimum atomic E-state index is -0.718. The molecule has 0 aromatic heterocycles. The van der Waals surface area contributed by atoms with E-state index < -0.39 is 29.5 Å². The molecule has 1 aliphatic heterocycles. The van der Waals surface area contributed by atoms with Crippen molar-refractivity contribution in [1.29, 1.82) is 0 Å². The number of hydrogen-bond donors (Lipinski definition) is 2. The third-order valence-electron chi connectivity index (χ3n) is 3.11. The number of rotatable bonds is 1. The van der Waals surface area contributed by atoms with Gasteiger partial charge in [0.15, 0.2) is 0 Å². The third kappa shape index (κ3) is 8.06. The van der Waals surface area contributed by atoms with Crippen molar-refractivity contribution in [2.75, 3.05) is 13.1 Å². The molecule has 0 spiro atoms. The molecule has 2 amide bonds. The Bertz CT molecular complexity index is 425. The van der Waals surface area contributed by atoms with Gasteiger partial charge in [0, 0.05) is 19.1 Å². The zero-order valence-corrected chi connectivity index (χ0v) is 15.0. The summed E-state index contributed by atoms with van der Waals surface area (Å²) in [5, 5.41) is 12.8. The summed E-state index contributed by atoms with van der Waals surface area (Å²) in [6, 6.07) is -0.243. The summed E-state index contributed by atoms with van der Waals surface area (Å²) in [5.74, 6) is 0. The van der Waals surface area contributed by atoms with Gasteiger partial charge in [0.2, 0.25) is 0 Å². The largest absolute Gasteiger partial charge is 0.444 e. The van der Waals surface area contributed by atoms with E-state index in [2.05, 4.69) is 5.32 Å². The summed E-state index contributed by atoms with van der Waals surface area (Å²) in [6.07, 6.45) is -0.770. The van der Waals surface area contributed by atoms with Crippen LogP contribution in [0.1, 0.15) is 54.4 Å². The molecule has 1 saturated heterocycles. The average Bonchev–Trinajstić information content (AvgIpc) is 2.45. The van der Waals surface area contributed by atoms with Gasteiger partial charge in [-0.3, -0.25) is 0 Å². The van der Waals surface area contributed by atoms with Gasteiger partial charge in [-0.05, 0) is 54.4 Å². The lowest BCUT2D eigenvalue weighted by Crippen LogP contribution is -2.40. The van der Waals surface area contributed by atoms with Crippen molar-refractivity contribution in [2.45, 2.75) is 77.7 Å². The summed E-state index contributed by atoms with van der Waals surface area (Å²) < 4.78 is 10.5. The highest BCUT2D eigenvalue weighted by molar-refractivity contribution is 5.69. The zero-order valence-electron chi connectivity index (χ0n) is 15.0. The van der Waals surface area contributed by atoms with Crippen molar-refractivity contribution < 1.29 is 24.2 Å². The fourth-order valence-electron chi connectivity index (χ4n) is 2.28. The molecule has 0 radical (unpaired) electrons. The van der Waals surface area contributed by atoms with Crippen molar-refractivity contribution in [2.24, 2.45) is 0 Å². The predicted molar refractivity (Wildman–Crippen MR) is 86.2 cm³/mol. The molecule has 134 valence electrons. The highest BCUT2D eigenvalue weighted by Crippen LogP contribution is 2.16. The Morgan fingerprint density at radius 1 is 1.09 bits per heavy atom. The van der Waals surface area contributed by atoms with Crippen LogP contribution in [0.5, 0.6) is 0 Å². The number of aliphatic hydroxyl groups is 1. The van der Waals surface area contributed by atoms with Crippen LogP contribution in [0.3, 0.4) is 0 Å². The Hall–Kier alpha value is -1.50. The highest BCUT2D eigenvalue weighted by Gasteiger charge is 2.30. The number of ether oxygens (including phenoxy) is 2. The molecule has 1 heterocycles. The highest BCUT2D eigenvalue weighted by atomic mass is 16.6. The SMILES string of the molecule is CC(C)(C)OC(=O)N[C@@H]1CCN(C(=O)OC(C)(C)C)C[C@H](O)C1. The molecule has 0 aliphatic carbocycles. The van der Waals surface area contributed by atoms with Crippen LogP contribution < -0.4 is 5.32 Å². The Morgan fingerprint density at radius 3 is 2.17 bits per heavy atom. The molecule has 0 unspecified atom stereocenters. The standard InChI is InChI=1S/C16H30N2O5/c1-15(2,3)22-13(20)17-11-7-8-18(10-12(19)9-11)14(21)23-16(4,5)6/h11-12,19H,7-10H2,1-6H3,(H,17,20)/t11-,12-/m1/s1. The van der Waals surface area contributed by atoms with Gasteiger partial charge < -0.3 is 24.8 Å². The summed E-state index contributed by atoms with van der Waals surface area (Å²) in [5.41, 5.74) is -1.15. The van der Waals surface area contributed by atoms with E-state index in [0.717, 1.165) is 0 Å². The fraction of sp³-hybridized carbons (Fsp3) is 0.875. The molecule has 1 aliphatic rings. The van der Waals surface area contributed by atoms with E-state index in [1.165, 1.54) is 4.90 Å². The van der Waals surface area contributed by atoms with Gasteiger partial charge in [-0.15, -0.1) is 0 Å². The predicted octanol–water partition coefficient (Wildman–Crippen LogP) is 2.27. The molecule has 1 rings (SSSR count). The molecule has 2 N–H and O–H groups in total. The van der Waals surface area contributed by atoms with Gasteiger partial charge in [-0.25, -0.2) is 9.59 Å². The molecule has 7 heteroatoms. The number of nitrogens with zero attached hydrogens (tertiary/aromatic N) is 1. The van der Waals surface area contributed by atoms with E-state index in [4.69, 9.17) is 9.47 Å². The first kappa shape index (κ1) is 19.5. The lowest BCUT2D eigenvalue weighted by atomic mass is 10.1. The number of nitrogens with one attached hydrogen (secondary N) is 1. The van der Waals surface area contributed by atoms with E-state index in [1.54, 1.807) is 41.5 Å². The smallest absolute Gasteiger partial charge is 0.410 e. The number of carbonyl (C=O) groups excluding carboxylic acids is 2. The van der Waals surface area contributed by atoms with Gasteiger partial charge in [0.1, 0.15) is 11.2 Å². The Morgan fingerprint density at radius 2 is 1.65 bits per heavy atom. The number of hydrogen-bond acceptors (Lipinski definition) is 5. The average molecular weight is 330 g/mol. The Kier molecular flexibility index (Phi) is 6.27. The first-order valence-corrected chi connectivity index (χ1v) is 8.01. The molecule has 0 bridgehead atoms. The van der Waals surface area contributed by atoms with Crippen LogP contribution in [-0.2, 0) is 9.47 Å². The number of carbonyl (C=O) groups is 2. The topological polar surface area (TPSA) is 88.1 Å². The molecule has 0 saturated carbocycles. The molecular formula is C16H30N2O5. The van der Waals surface area contributed by atoms with Crippen molar-refractivity contribution in [3.8, 4) is 0 Å². The number of amides is 2. The summed E-state index contributed by atoms with van der Waals surface area (Å²) >= 11 is 0. The number of β-amino-alcohol motifs (C(OH)–C–C–N with tert-alkyl or cyclic N) is 1. The van der Waals surface area contributed by atoms with Crippen molar-refractivity contribution in [1.82, 2.24) is 10.2 Å². The second kappa shape index (κ2) is 7.38. The van der Waals surface area contributed by atoms with Crippen LogP contribution in [0.4, 0.5) is 9.59 Å². The van der Waals surface area contributed by atoms with Crippen LogP contribution >= 0.6 is 0 Å². The molecule has 1 fully saturated rings. The molecular weight excluding hydrogens is 300 g/mol. The normalized spacial score (nSPS) is 23.0. The second-order valence-corrected chi connectivity index (χ2v) is 7.95. The lowest BCUT2D eigenvalue weighted by molar-refractivity contribution is 0.0172. The molecule has 7 nitrogen and oxygen atoms in total. The molecule has 23 heavy (non-hydrogen) atoms. The van der Waals surface area contributed by atoms with E-state index >= 15 is 0 Å². The quantitative estimate of drug-likeness (QED) is 0.770. The summed E-state index contributed by atoms with van der Waals surface area (Å²) in [7, 11) is 0. The number of alkyl carbamates (subject to hydrolysis) is 1. The first-order valence-electron chi connectivity index (χ1n) is 8.01. The number of aliphatic hydroxyl groups excluding tert-OH is 1. The molecule has 2 atom stereocenters. The van der Waals surface area contributed by atoms with Crippen LogP contribution in [0, 0.1) is 0 Å². The summed E-state index contributed by atoms with van der Waals surface area (Å²) in [4.78, 5) is 25.4. The second-order valence-electron chi connectivity index (χ2n) is 7.95. The molecule has 0 aromatic rings. The van der Waals surface area contributed by atoms with Crippen molar-refractivity contribution in [3.63, 3.8) is 0 Å². The number of likely N-dealkylation sites (tertiary alicyclic amines) is 1. The Labute approximate surface area is 138 Å².